The van der Waals surface area contributed by atoms with Gasteiger partial charge in [0.05, 0.1) is 17.5 Å². The lowest BCUT2D eigenvalue weighted by Gasteiger charge is -2.45. The zero-order valence-corrected chi connectivity index (χ0v) is 19.3. The second-order valence-electron chi connectivity index (χ2n) is 9.64. The third-order valence-corrected chi connectivity index (χ3v) is 7.87. The van der Waals surface area contributed by atoms with Crippen molar-refractivity contribution in [1.29, 1.82) is 0 Å². The largest absolute Gasteiger partial charge is 0.322 e. The van der Waals surface area contributed by atoms with Crippen LogP contribution in [-0.4, -0.2) is 17.7 Å². The van der Waals surface area contributed by atoms with Crippen molar-refractivity contribution < 1.29 is 14.4 Å². The molecule has 1 heterocycles. The Hall–Kier alpha value is -4.51. The van der Waals surface area contributed by atoms with Crippen LogP contribution >= 0.6 is 0 Å². The molecular weight excluding hydrogens is 448 g/mol. The second kappa shape index (κ2) is 7.75. The molecule has 5 heteroatoms. The lowest BCUT2D eigenvalue weighted by atomic mass is 9.55. The quantitative estimate of drug-likeness (QED) is 0.411. The molecular formula is C31H22N2O3. The summed E-state index contributed by atoms with van der Waals surface area (Å²) in [6.07, 6.45) is 0. The predicted octanol–water partition coefficient (Wildman–Crippen LogP) is 5.34. The van der Waals surface area contributed by atoms with Crippen molar-refractivity contribution in [1.82, 2.24) is 0 Å². The molecule has 8 rings (SSSR count). The van der Waals surface area contributed by atoms with Gasteiger partial charge in [0.2, 0.25) is 11.8 Å². The third-order valence-electron chi connectivity index (χ3n) is 7.87. The van der Waals surface area contributed by atoms with Crippen molar-refractivity contribution in [3.63, 3.8) is 0 Å². The molecule has 0 radical (unpaired) electrons. The zero-order chi connectivity index (χ0) is 24.4. The number of nitrogens with one attached hydrogen (secondary N) is 1. The Labute approximate surface area is 208 Å². The lowest BCUT2D eigenvalue weighted by Crippen LogP contribution is -2.41. The van der Waals surface area contributed by atoms with Crippen molar-refractivity contribution >= 4 is 29.1 Å². The second-order valence-corrected chi connectivity index (χ2v) is 9.64. The number of hydrogen-bond donors (Lipinski definition) is 1. The Morgan fingerprint density at radius 1 is 0.583 bits per heavy atom. The summed E-state index contributed by atoms with van der Waals surface area (Å²) < 4.78 is 0. The molecule has 5 nitrogen and oxygen atoms in total. The van der Waals surface area contributed by atoms with Crippen LogP contribution in [0.25, 0.3) is 0 Å². The normalized spacial score (nSPS) is 23.2. The molecule has 0 saturated carbocycles. The number of rotatable bonds is 3. The molecule has 2 atom stereocenters. The van der Waals surface area contributed by atoms with Gasteiger partial charge < -0.3 is 5.32 Å². The van der Waals surface area contributed by atoms with E-state index < -0.39 is 11.8 Å². The highest BCUT2D eigenvalue weighted by Gasteiger charge is 2.61. The molecule has 4 aliphatic rings. The molecule has 3 amide bonds. The van der Waals surface area contributed by atoms with Crippen LogP contribution < -0.4 is 10.2 Å². The van der Waals surface area contributed by atoms with Crippen LogP contribution in [0.5, 0.6) is 0 Å². The first-order chi connectivity index (χ1) is 17.6. The maximum Gasteiger partial charge on any atom is 0.255 e. The SMILES string of the molecule is O=C(Nc1ccccc1)c1ccc(N2C(=O)[C@@H]3C4c5ccccc5C(c5ccccc54)[C@@H]3C2=O)cc1. The summed E-state index contributed by atoms with van der Waals surface area (Å²) in [7, 11) is 0. The van der Waals surface area contributed by atoms with Crippen LogP contribution in [0, 0.1) is 11.8 Å². The number of amides is 3. The van der Waals surface area contributed by atoms with Crippen molar-refractivity contribution in [2.24, 2.45) is 11.8 Å². The van der Waals surface area contributed by atoms with E-state index >= 15 is 0 Å². The fraction of sp³-hybridized carbons (Fsp3) is 0.129. The average Bonchev–Trinajstić information content (AvgIpc) is 3.19. The monoisotopic (exact) mass is 470 g/mol. The van der Waals surface area contributed by atoms with Gasteiger partial charge in [-0.1, -0.05) is 66.7 Å². The van der Waals surface area contributed by atoms with Crippen LogP contribution in [0.2, 0.25) is 0 Å². The fourth-order valence-electron chi connectivity index (χ4n) is 6.42. The summed E-state index contributed by atoms with van der Waals surface area (Å²) >= 11 is 0. The van der Waals surface area contributed by atoms with Crippen LogP contribution in [0.4, 0.5) is 11.4 Å². The molecule has 0 aromatic heterocycles. The number of nitrogens with zero attached hydrogens (tertiary/aromatic N) is 1. The molecule has 4 aromatic rings. The van der Waals surface area contributed by atoms with Gasteiger partial charge in [-0.3, -0.25) is 14.4 Å². The maximum absolute atomic E-state index is 13.8. The standard InChI is InChI=1S/C31H22N2O3/c34-29(32-19-8-2-1-3-9-19)18-14-16-20(17-15-18)33-30(35)27-25-21-10-4-5-11-22(21)26(28(27)31(33)36)24-13-7-6-12-23(24)25/h1-17,25-28H,(H,32,34)/t25?,26?,27-,28+. The highest BCUT2D eigenvalue weighted by Crippen LogP contribution is 2.61. The summed E-state index contributed by atoms with van der Waals surface area (Å²) in [6, 6.07) is 32.4. The van der Waals surface area contributed by atoms with Gasteiger partial charge in [-0.15, -0.1) is 0 Å². The Morgan fingerprint density at radius 3 is 1.50 bits per heavy atom. The molecule has 1 fully saturated rings. The number of hydrogen-bond acceptors (Lipinski definition) is 3. The lowest BCUT2D eigenvalue weighted by molar-refractivity contribution is -0.122. The Balaban J connectivity index is 1.23. The number of para-hydroxylation sites is 1. The first-order valence-electron chi connectivity index (χ1n) is 12.2. The van der Waals surface area contributed by atoms with Crippen molar-refractivity contribution in [2.45, 2.75) is 11.8 Å². The predicted molar refractivity (Wildman–Crippen MR) is 137 cm³/mol. The van der Waals surface area contributed by atoms with E-state index in [9.17, 15) is 14.4 Å². The van der Waals surface area contributed by atoms with E-state index in [1.807, 2.05) is 54.6 Å². The highest BCUT2D eigenvalue weighted by atomic mass is 16.2. The number of benzene rings is 4. The van der Waals surface area contributed by atoms with Gasteiger partial charge in [0, 0.05) is 23.1 Å². The Kier molecular flexibility index (Phi) is 4.48. The molecule has 0 spiro atoms. The molecule has 2 bridgehead atoms. The van der Waals surface area contributed by atoms with E-state index in [4.69, 9.17) is 0 Å². The molecule has 174 valence electrons. The van der Waals surface area contributed by atoms with E-state index in [1.54, 1.807) is 24.3 Å². The first-order valence-corrected chi connectivity index (χ1v) is 12.2. The van der Waals surface area contributed by atoms with Gasteiger partial charge in [0.1, 0.15) is 0 Å². The highest BCUT2D eigenvalue weighted by molar-refractivity contribution is 6.23. The van der Waals surface area contributed by atoms with Crippen LogP contribution in [0.3, 0.4) is 0 Å². The fourth-order valence-corrected chi connectivity index (χ4v) is 6.42. The summed E-state index contributed by atoms with van der Waals surface area (Å²) in [5.74, 6) is -1.68. The van der Waals surface area contributed by atoms with Crippen molar-refractivity contribution in [2.75, 3.05) is 10.2 Å². The van der Waals surface area contributed by atoms with Crippen LogP contribution in [0.15, 0.2) is 103 Å². The van der Waals surface area contributed by atoms with E-state index in [0.29, 0.717) is 16.9 Å². The van der Waals surface area contributed by atoms with E-state index in [0.717, 1.165) is 22.3 Å². The molecule has 36 heavy (non-hydrogen) atoms. The van der Waals surface area contributed by atoms with Gasteiger partial charge in [0.15, 0.2) is 0 Å². The molecule has 0 unspecified atom stereocenters. The summed E-state index contributed by atoms with van der Waals surface area (Å²) in [4.78, 5) is 41.7. The summed E-state index contributed by atoms with van der Waals surface area (Å²) in [6.45, 7) is 0. The summed E-state index contributed by atoms with van der Waals surface area (Å²) in [5, 5.41) is 2.86. The van der Waals surface area contributed by atoms with E-state index in [1.165, 1.54) is 4.90 Å². The van der Waals surface area contributed by atoms with E-state index in [2.05, 4.69) is 29.6 Å². The smallest absolute Gasteiger partial charge is 0.255 e. The van der Waals surface area contributed by atoms with Crippen molar-refractivity contribution in [3.8, 4) is 0 Å². The van der Waals surface area contributed by atoms with Gasteiger partial charge >= 0.3 is 0 Å². The van der Waals surface area contributed by atoms with Crippen LogP contribution in [-0.2, 0) is 9.59 Å². The molecule has 3 aliphatic carbocycles. The van der Waals surface area contributed by atoms with E-state index in [-0.39, 0.29) is 29.6 Å². The number of carbonyl (C=O) groups excluding carboxylic acids is 3. The van der Waals surface area contributed by atoms with Gasteiger partial charge in [-0.2, -0.15) is 0 Å². The van der Waals surface area contributed by atoms with Gasteiger partial charge in [-0.25, -0.2) is 4.90 Å². The first kappa shape index (κ1) is 20.8. The molecule has 1 N–H and O–H groups in total. The molecule has 1 saturated heterocycles. The van der Waals surface area contributed by atoms with Crippen LogP contribution in [0.1, 0.15) is 44.4 Å². The topological polar surface area (TPSA) is 66.5 Å². The molecule has 1 aliphatic heterocycles. The summed E-state index contributed by atoms with van der Waals surface area (Å²) in [5.41, 5.74) is 6.27. The third kappa shape index (κ3) is 2.86. The maximum atomic E-state index is 13.8. The number of carbonyl (C=O) groups is 3. The van der Waals surface area contributed by atoms with Crippen molar-refractivity contribution in [3.05, 3.63) is 131 Å². The number of anilines is 2. The zero-order valence-electron chi connectivity index (χ0n) is 19.3. The van der Waals surface area contributed by atoms with Gasteiger partial charge in [0.25, 0.3) is 5.91 Å². The molecule has 4 aromatic carbocycles. The minimum atomic E-state index is -0.423. The minimum Gasteiger partial charge on any atom is -0.322 e. The number of imide groups is 1. The average molecular weight is 471 g/mol. The van der Waals surface area contributed by atoms with Gasteiger partial charge in [-0.05, 0) is 58.7 Å². The minimum absolute atomic E-state index is 0.134. The Bertz CT molecular complexity index is 1430. The Morgan fingerprint density at radius 2 is 1.03 bits per heavy atom.